The second-order valence-corrected chi connectivity index (χ2v) is 6.45. The van der Waals surface area contributed by atoms with Gasteiger partial charge in [0.2, 0.25) is 0 Å². The molecule has 5 nitrogen and oxygen atoms in total. The quantitative estimate of drug-likeness (QED) is 0.398. The van der Waals surface area contributed by atoms with Crippen LogP contribution in [0.2, 0.25) is 0 Å². The lowest BCUT2D eigenvalue weighted by molar-refractivity contribution is -1.08. The van der Waals surface area contributed by atoms with E-state index in [1.807, 2.05) is 20.8 Å². The average molecular weight is 225 g/mol. The Morgan fingerprint density at radius 1 is 1.29 bits per heavy atom. The minimum atomic E-state index is -4.30. The number of hydrogen-bond acceptors (Lipinski definition) is 4. The molecule has 0 aliphatic rings. The number of hydrogen-bond donors (Lipinski definition) is 0. The first-order chi connectivity index (χ1) is 5.91. The molecule has 14 heavy (non-hydrogen) atoms. The fraction of sp³-hybridized carbons (Fsp3) is 1.00. The standard InChI is InChI=1S/C8H19NO4S/c1-8(2,3)6-9(4,5)13-7-14(10,11)12/h6-7H2,1-5H3. The highest BCUT2D eigenvalue weighted by Gasteiger charge is 2.26. The Balaban J connectivity index is 4.22. The number of rotatable bonds is 4. The molecule has 0 amide bonds. The molecule has 0 aromatic carbocycles. The molecular formula is C8H19NO4S. The predicted octanol–water partition coefficient (Wildman–Crippen LogP) is 0.543. The molecule has 0 saturated heterocycles. The summed E-state index contributed by atoms with van der Waals surface area (Å²) in [6.45, 7) is 6.68. The summed E-state index contributed by atoms with van der Waals surface area (Å²) in [7, 11) is -0.863. The van der Waals surface area contributed by atoms with Crippen LogP contribution in [0.5, 0.6) is 0 Å². The van der Waals surface area contributed by atoms with E-state index in [4.69, 9.17) is 4.84 Å². The Morgan fingerprint density at radius 3 is 2.00 bits per heavy atom. The molecule has 86 valence electrons. The summed E-state index contributed by atoms with van der Waals surface area (Å²) in [5.41, 5.74) is 0.0101. The van der Waals surface area contributed by atoms with E-state index in [0.29, 0.717) is 6.54 Å². The van der Waals surface area contributed by atoms with E-state index in [9.17, 15) is 13.0 Å². The van der Waals surface area contributed by atoms with Crippen molar-refractivity contribution in [1.82, 2.24) is 0 Å². The lowest BCUT2D eigenvalue weighted by atomic mass is 9.96. The maximum Gasteiger partial charge on any atom is 0.195 e. The normalized spacial score (nSPS) is 14.4. The minimum absolute atomic E-state index is 0.0101. The molecule has 0 spiro atoms. The molecule has 0 radical (unpaired) electrons. The summed E-state index contributed by atoms with van der Waals surface area (Å²) in [5.74, 6) is -0.782. The Bertz CT molecular complexity index is 276. The van der Waals surface area contributed by atoms with Crippen molar-refractivity contribution in [3.8, 4) is 0 Å². The van der Waals surface area contributed by atoms with E-state index in [-0.39, 0.29) is 10.1 Å². The van der Waals surface area contributed by atoms with Gasteiger partial charge in [-0.05, 0) is 0 Å². The summed E-state index contributed by atoms with van der Waals surface area (Å²) in [4.78, 5) is 5.01. The van der Waals surface area contributed by atoms with Gasteiger partial charge in [-0.2, -0.15) is 9.48 Å². The van der Waals surface area contributed by atoms with Crippen molar-refractivity contribution in [3.05, 3.63) is 0 Å². The fourth-order valence-corrected chi connectivity index (χ4v) is 1.81. The maximum atomic E-state index is 10.4. The van der Waals surface area contributed by atoms with Crippen molar-refractivity contribution in [2.24, 2.45) is 5.41 Å². The van der Waals surface area contributed by atoms with E-state index < -0.39 is 16.1 Å². The molecule has 0 saturated carbocycles. The first-order valence-electron chi connectivity index (χ1n) is 4.32. The molecule has 0 aliphatic carbocycles. The van der Waals surface area contributed by atoms with Crippen LogP contribution in [-0.4, -0.2) is 44.2 Å². The molecule has 0 N–H and O–H groups in total. The SMILES string of the molecule is CC(C)(C)C[N+](C)(C)OCS(=O)(=O)[O-]. The van der Waals surface area contributed by atoms with Gasteiger partial charge in [-0.25, -0.2) is 8.42 Å². The summed E-state index contributed by atoms with van der Waals surface area (Å²) < 4.78 is 31.1. The zero-order chi connectivity index (χ0) is 11.6. The topological polar surface area (TPSA) is 66.4 Å². The van der Waals surface area contributed by atoms with Gasteiger partial charge in [-0.3, -0.25) is 0 Å². The van der Waals surface area contributed by atoms with Crippen LogP contribution in [0.4, 0.5) is 0 Å². The van der Waals surface area contributed by atoms with Crippen molar-refractivity contribution in [3.63, 3.8) is 0 Å². The third-order valence-corrected chi connectivity index (χ3v) is 1.80. The van der Waals surface area contributed by atoms with Crippen LogP contribution in [-0.2, 0) is 15.0 Å². The van der Waals surface area contributed by atoms with Gasteiger partial charge in [0.1, 0.15) is 16.7 Å². The Kier molecular flexibility index (Phi) is 4.09. The molecule has 0 aromatic heterocycles. The number of quaternary nitrogens is 1. The van der Waals surface area contributed by atoms with Crippen LogP contribution in [0.15, 0.2) is 0 Å². The molecule has 0 rings (SSSR count). The van der Waals surface area contributed by atoms with Crippen LogP contribution >= 0.6 is 0 Å². The summed E-state index contributed by atoms with van der Waals surface area (Å²) >= 11 is 0. The zero-order valence-corrected chi connectivity index (χ0v) is 10.2. The highest BCUT2D eigenvalue weighted by atomic mass is 32.2. The summed E-state index contributed by atoms with van der Waals surface area (Å²) in [6, 6.07) is 0. The van der Waals surface area contributed by atoms with E-state index in [0.717, 1.165) is 0 Å². The molecule has 0 atom stereocenters. The largest absolute Gasteiger partial charge is 0.746 e. The Labute approximate surface area is 86.0 Å². The van der Waals surface area contributed by atoms with Crippen LogP contribution in [0.1, 0.15) is 20.8 Å². The lowest BCUT2D eigenvalue weighted by Crippen LogP contribution is -2.46. The first-order valence-corrected chi connectivity index (χ1v) is 5.90. The molecule has 6 heteroatoms. The second kappa shape index (κ2) is 4.14. The van der Waals surface area contributed by atoms with Gasteiger partial charge in [0.15, 0.2) is 5.94 Å². The van der Waals surface area contributed by atoms with Gasteiger partial charge in [0.05, 0.1) is 14.1 Å². The average Bonchev–Trinajstić information content (AvgIpc) is 1.76. The summed E-state index contributed by atoms with van der Waals surface area (Å²) in [5, 5.41) is 0. The third kappa shape index (κ3) is 8.43. The van der Waals surface area contributed by atoms with Gasteiger partial charge in [0, 0.05) is 5.41 Å². The molecule has 0 heterocycles. The number of nitrogens with zero attached hydrogens (tertiary/aromatic N) is 1. The van der Waals surface area contributed by atoms with Gasteiger partial charge >= 0.3 is 0 Å². The monoisotopic (exact) mass is 225 g/mol. The van der Waals surface area contributed by atoms with Crippen LogP contribution in [0.3, 0.4) is 0 Å². The van der Waals surface area contributed by atoms with Crippen molar-refractivity contribution < 1.29 is 22.5 Å². The predicted molar refractivity (Wildman–Crippen MR) is 52.1 cm³/mol. The molecule has 0 aromatic rings. The number of hydroxylamine groups is 3. The first kappa shape index (κ1) is 13.8. The molecule has 0 bridgehead atoms. The molecule has 0 aliphatic heterocycles. The smallest absolute Gasteiger partial charge is 0.195 e. The Morgan fingerprint density at radius 2 is 1.71 bits per heavy atom. The maximum absolute atomic E-state index is 10.4. The molecular weight excluding hydrogens is 206 g/mol. The highest BCUT2D eigenvalue weighted by Crippen LogP contribution is 2.18. The van der Waals surface area contributed by atoms with Gasteiger partial charge in [-0.1, -0.05) is 20.8 Å². The molecule has 0 fully saturated rings. The van der Waals surface area contributed by atoms with Crippen molar-refractivity contribution in [1.29, 1.82) is 0 Å². The van der Waals surface area contributed by atoms with Crippen LogP contribution < -0.4 is 0 Å². The van der Waals surface area contributed by atoms with Gasteiger partial charge in [-0.15, -0.1) is 0 Å². The van der Waals surface area contributed by atoms with Crippen LogP contribution in [0, 0.1) is 5.41 Å². The lowest BCUT2D eigenvalue weighted by Gasteiger charge is -2.33. The zero-order valence-electron chi connectivity index (χ0n) is 9.40. The molecule has 0 unspecified atom stereocenters. The van der Waals surface area contributed by atoms with E-state index in [1.165, 1.54) is 0 Å². The van der Waals surface area contributed by atoms with Crippen molar-refractivity contribution in [2.45, 2.75) is 20.8 Å². The summed E-state index contributed by atoms with van der Waals surface area (Å²) in [6.07, 6.45) is 0. The van der Waals surface area contributed by atoms with Gasteiger partial charge < -0.3 is 4.55 Å². The van der Waals surface area contributed by atoms with Crippen LogP contribution in [0.25, 0.3) is 0 Å². The second-order valence-electron chi connectivity index (χ2n) is 5.10. The third-order valence-electron chi connectivity index (χ3n) is 1.40. The fourth-order valence-electron chi connectivity index (χ4n) is 1.40. The van der Waals surface area contributed by atoms with E-state index >= 15 is 0 Å². The van der Waals surface area contributed by atoms with Crippen molar-refractivity contribution in [2.75, 3.05) is 26.6 Å². The minimum Gasteiger partial charge on any atom is -0.746 e. The van der Waals surface area contributed by atoms with E-state index in [1.54, 1.807) is 14.1 Å². The Hall–Kier alpha value is -0.170. The van der Waals surface area contributed by atoms with E-state index in [2.05, 4.69) is 0 Å². The highest BCUT2D eigenvalue weighted by molar-refractivity contribution is 7.85. The van der Waals surface area contributed by atoms with Crippen molar-refractivity contribution >= 4 is 10.1 Å². The van der Waals surface area contributed by atoms with Gasteiger partial charge in [0.25, 0.3) is 0 Å².